The van der Waals surface area contributed by atoms with Gasteiger partial charge in [0.05, 0.1) is 18.5 Å². The quantitative estimate of drug-likeness (QED) is 0.768. The highest BCUT2D eigenvalue weighted by atomic mass is 32.2. The fourth-order valence-electron chi connectivity index (χ4n) is 1.60. The number of hydrogen-bond donors (Lipinski definition) is 1. The summed E-state index contributed by atoms with van der Waals surface area (Å²) in [7, 11) is 0. The summed E-state index contributed by atoms with van der Waals surface area (Å²) < 4.78 is 6.94. The zero-order valence-electron chi connectivity index (χ0n) is 10.4. The second-order valence-electron chi connectivity index (χ2n) is 3.90. The van der Waals surface area contributed by atoms with E-state index in [0.717, 1.165) is 30.4 Å². The maximum atomic E-state index is 10.6. The van der Waals surface area contributed by atoms with E-state index in [0.29, 0.717) is 17.5 Å². The minimum Gasteiger partial charge on any atom is -0.481 e. The molecule has 2 rings (SSSR count). The summed E-state index contributed by atoms with van der Waals surface area (Å²) in [5.41, 5.74) is 0. The Morgan fingerprint density at radius 3 is 3.00 bits per heavy atom. The molecule has 0 radical (unpaired) electrons. The van der Waals surface area contributed by atoms with Crippen LogP contribution in [-0.2, 0) is 17.8 Å². The number of carboxylic acid groups (broad SMARTS) is 1. The number of carbonyl (C=O) groups is 1. The highest BCUT2D eigenvalue weighted by Crippen LogP contribution is 2.19. The average Bonchev–Trinajstić information content (AvgIpc) is 2.99. The first kappa shape index (κ1) is 13.6. The number of aliphatic carboxylic acids is 1. The van der Waals surface area contributed by atoms with Gasteiger partial charge in [0, 0.05) is 12.5 Å². The monoisotopic (exact) mass is 282 g/mol. The second kappa shape index (κ2) is 6.37. The Balaban J connectivity index is 2.19. The normalized spacial score (nSPS) is 10.8. The third kappa shape index (κ3) is 3.57. The predicted molar refractivity (Wildman–Crippen MR) is 68.0 cm³/mol. The molecule has 0 unspecified atom stereocenters. The lowest BCUT2D eigenvalue weighted by molar-refractivity contribution is -0.133. The van der Waals surface area contributed by atoms with Crippen LogP contribution in [0.5, 0.6) is 0 Å². The van der Waals surface area contributed by atoms with Crippen molar-refractivity contribution in [3.63, 3.8) is 0 Å². The van der Waals surface area contributed by atoms with E-state index in [1.807, 2.05) is 4.57 Å². The summed E-state index contributed by atoms with van der Waals surface area (Å²) in [6, 6.07) is 1.77. The van der Waals surface area contributed by atoms with E-state index in [2.05, 4.69) is 22.3 Å². The molecule has 0 fully saturated rings. The molecular weight excluding hydrogens is 268 g/mol. The second-order valence-corrected chi connectivity index (χ2v) is 4.84. The molecule has 0 aliphatic rings. The molecule has 2 heterocycles. The van der Waals surface area contributed by atoms with Crippen LogP contribution >= 0.6 is 11.8 Å². The Hall–Kier alpha value is -1.83. The molecular formula is C11H14N4O3S. The third-order valence-corrected chi connectivity index (χ3v) is 3.35. The number of aryl methyl sites for hydroxylation is 1. The maximum Gasteiger partial charge on any atom is 0.313 e. The summed E-state index contributed by atoms with van der Waals surface area (Å²) >= 11 is 1.15. The van der Waals surface area contributed by atoms with Crippen LogP contribution in [0.4, 0.5) is 0 Å². The van der Waals surface area contributed by atoms with Crippen LogP contribution < -0.4 is 0 Å². The molecule has 19 heavy (non-hydrogen) atoms. The highest BCUT2D eigenvalue weighted by molar-refractivity contribution is 7.99. The summed E-state index contributed by atoms with van der Waals surface area (Å²) in [5, 5.41) is 21.1. The van der Waals surface area contributed by atoms with Crippen molar-refractivity contribution in [1.29, 1.82) is 0 Å². The van der Waals surface area contributed by atoms with E-state index in [9.17, 15) is 4.79 Å². The molecule has 0 aliphatic heterocycles. The summed E-state index contributed by atoms with van der Waals surface area (Å²) in [6.07, 6.45) is 3.30. The van der Waals surface area contributed by atoms with E-state index in [4.69, 9.17) is 9.63 Å². The van der Waals surface area contributed by atoms with Crippen LogP contribution in [0.25, 0.3) is 0 Å². The van der Waals surface area contributed by atoms with Crippen molar-refractivity contribution < 1.29 is 14.4 Å². The smallest absolute Gasteiger partial charge is 0.313 e. The lowest BCUT2D eigenvalue weighted by Crippen LogP contribution is -2.07. The van der Waals surface area contributed by atoms with Crippen LogP contribution in [0.2, 0.25) is 0 Å². The number of aromatic nitrogens is 4. The van der Waals surface area contributed by atoms with Gasteiger partial charge < -0.3 is 9.63 Å². The van der Waals surface area contributed by atoms with Crippen LogP contribution in [0.1, 0.15) is 24.9 Å². The van der Waals surface area contributed by atoms with Crippen molar-refractivity contribution in [2.75, 3.05) is 5.75 Å². The SMILES string of the molecule is CCCc1nnc(SCC(=O)O)n1Cc1ccno1. The minimum absolute atomic E-state index is 0.0410. The van der Waals surface area contributed by atoms with Crippen molar-refractivity contribution in [2.24, 2.45) is 0 Å². The molecule has 2 aromatic rings. The molecule has 0 saturated heterocycles. The predicted octanol–water partition coefficient (Wildman–Crippen LogP) is 1.44. The Kier molecular flexibility index (Phi) is 4.56. The van der Waals surface area contributed by atoms with Gasteiger partial charge in [-0.1, -0.05) is 23.8 Å². The van der Waals surface area contributed by atoms with E-state index in [1.165, 1.54) is 0 Å². The van der Waals surface area contributed by atoms with Crippen LogP contribution in [0, 0.1) is 0 Å². The molecule has 0 spiro atoms. The molecule has 8 heteroatoms. The molecule has 0 bridgehead atoms. The van der Waals surface area contributed by atoms with E-state index < -0.39 is 5.97 Å². The van der Waals surface area contributed by atoms with Crippen LogP contribution in [-0.4, -0.2) is 36.7 Å². The van der Waals surface area contributed by atoms with E-state index >= 15 is 0 Å². The van der Waals surface area contributed by atoms with Gasteiger partial charge in [0.1, 0.15) is 5.82 Å². The molecule has 0 atom stereocenters. The molecule has 102 valence electrons. The number of thioether (sulfide) groups is 1. The van der Waals surface area contributed by atoms with Crippen molar-refractivity contribution in [1.82, 2.24) is 19.9 Å². The van der Waals surface area contributed by atoms with Gasteiger partial charge in [0.25, 0.3) is 0 Å². The Labute approximate surface area is 114 Å². The highest BCUT2D eigenvalue weighted by Gasteiger charge is 2.14. The first-order valence-corrected chi connectivity index (χ1v) is 6.85. The summed E-state index contributed by atoms with van der Waals surface area (Å²) in [5.74, 6) is 0.595. The molecule has 0 aromatic carbocycles. The van der Waals surface area contributed by atoms with Crippen molar-refractivity contribution in [3.8, 4) is 0 Å². The summed E-state index contributed by atoms with van der Waals surface area (Å²) in [4.78, 5) is 10.6. The molecule has 1 N–H and O–H groups in total. The number of nitrogens with zero attached hydrogens (tertiary/aromatic N) is 4. The van der Waals surface area contributed by atoms with Gasteiger partial charge in [-0.15, -0.1) is 10.2 Å². The Morgan fingerprint density at radius 1 is 1.53 bits per heavy atom. The van der Waals surface area contributed by atoms with E-state index in [1.54, 1.807) is 12.3 Å². The Bertz CT molecular complexity index is 538. The minimum atomic E-state index is -0.878. The van der Waals surface area contributed by atoms with Gasteiger partial charge in [-0.05, 0) is 6.42 Å². The number of carboxylic acids is 1. The van der Waals surface area contributed by atoms with Crippen LogP contribution in [0.15, 0.2) is 21.9 Å². The van der Waals surface area contributed by atoms with Gasteiger partial charge in [0.2, 0.25) is 0 Å². The van der Waals surface area contributed by atoms with Crippen molar-refractivity contribution in [2.45, 2.75) is 31.5 Å². The molecule has 0 saturated carbocycles. The molecule has 0 aliphatic carbocycles. The Morgan fingerprint density at radius 2 is 2.37 bits per heavy atom. The lowest BCUT2D eigenvalue weighted by Gasteiger charge is -2.06. The van der Waals surface area contributed by atoms with Crippen molar-refractivity contribution in [3.05, 3.63) is 23.8 Å². The molecule has 2 aromatic heterocycles. The van der Waals surface area contributed by atoms with Crippen molar-refractivity contribution >= 4 is 17.7 Å². The number of hydrogen-bond acceptors (Lipinski definition) is 6. The first-order valence-electron chi connectivity index (χ1n) is 5.87. The third-order valence-electron chi connectivity index (χ3n) is 2.40. The maximum absolute atomic E-state index is 10.6. The largest absolute Gasteiger partial charge is 0.481 e. The fourth-order valence-corrected chi connectivity index (χ4v) is 2.28. The first-order chi connectivity index (χ1) is 9.20. The molecule has 7 nitrogen and oxygen atoms in total. The zero-order chi connectivity index (χ0) is 13.7. The van der Waals surface area contributed by atoms with Gasteiger partial charge in [0.15, 0.2) is 10.9 Å². The van der Waals surface area contributed by atoms with Crippen LogP contribution in [0.3, 0.4) is 0 Å². The zero-order valence-corrected chi connectivity index (χ0v) is 11.3. The summed E-state index contributed by atoms with van der Waals surface area (Å²) in [6.45, 7) is 2.52. The standard InChI is InChI=1S/C11H14N4O3S/c1-2-3-9-13-14-11(19-7-10(16)17)15(9)6-8-4-5-12-18-8/h4-5H,2-3,6-7H2,1H3,(H,16,17). The van der Waals surface area contributed by atoms with Gasteiger partial charge >= 0.3 is 5.97 Å². The van der Waals surface area contributed by atoms with Gasteiger partial charge in [-0.3, -0.25) is 9.36 Å². The average molecular weight is 282 g/mol. The lowest BCUT2D eigenvalue weighted by atomic mass is 10.3. The van der Waals surface area contributed by atoms with E-state index in [-0.39, 0.29) is 5.75 Å². The topological polar surface area (TPSA) is 94.0 Å². The van der Waals surface area contributed by atoms with Gasteiger partial charge in [-0.25, -0.2) is 0 Å². The molecule has 0 amide bonds. The number of rotatable bonds is 7. The van der Waals surface area contributed by atoms with Gasteiger partial charge in [-0.2, -0.15) is 0 Å². The fraction of sp³-hybridized carbons (Fsp3) is 0.455.